The van der Waals surface area contributed by atoms with E-state index in [1.165, 1.54) is 12.1 Å². The summed E-state index contributed by atoms with van der Waals surface area (Å²) in [5.41, 5.74) is 0.301. The topological polar surface area (TPSA) is 88.6 Å². The molecule has 1 aliphatic rings. The van der Waals surface area contributed by atoms with Crippen molar-refractivity contribution >= 4 is 38.8 Å². The first kappa shape index (κ1) is 19.8. The molecule has 6 nitrogen and oxygen atoms in total. The van der Waals surface area contributed by atoms with Crippen LogP contribution in [0.4, 0.5) is 0 Å². The Morgan fingerprint density at radius 2 is 1.76 bits per heavy atom. The van der Waals surface area contributed by atoms with Gasteiger partial charge in [0, 0.05) is 36.8 Å². The van der Waals surface area contributed by atoms with E-state index in [1.54, 1.807) is 19.0 Å². The second kappa shape index (κ2) is 7.35. The first-order chi connectivity index (χ1) is 11.5. The van der Waals surface area contributed by atoms with Crippen molar-refractivity contribution in [3.05, 3.63) is 28.3 Å². The fourth-order valence-corrected chi connectivity index (χ4v) is 4.26. The smallest absolute Gasteiger partial charge is 0.182 e. The number of Topliss-reactive ketones (excluding diaryl/α,β-unsaturated/α-hetero) is 3. The third-order valence-corrected chi connectivity index (χ3v) is 5.71. The monoisotopic (exact) mass is 385 g/mol. The third kappa shape index (κ3) is 4.16. The minimum atomic E-state index is -3.55. The molecule has 0 N–H and O–H groups in total. The van der Waals surface area contributed by atoms with Crippen LogP contribution in [0.15, 0.2) is 17.0 Å². The molecule has 0 aromatic heterocycles. The summed E-state index contributed by atoms with van der Waals surface area (Å²) in [7, 11) is -0.0645. The van der Waals surface area contributed by atoms with Crippen molar-refractivity contribution in [1.29, 1.82) is 0 Å². The van der Waals surface area contributed by atoms with Gasteiger partial charge in [-0.05, 0) is 32.6 Å². The number of hydrogen-bond donors (Lipinski definition) is 0. The van der Waals surface area contributed by atoms with E-state index < -0.39 is 33.1 Å². The van der Waals surface area contributed by atoms with Gasteiger partial charge in [0.1, 0.15) is 5.92 Å². The molecule has 2 rings (SSSR count). The Morgan fingerprint density at radius 3 is 2.24 bits per heavy atom. The predicted molar refractivity (Wildman–Crippen MR) is 93.6 cm³/mol. The Balaban J connectivity index is 2.57. The molecule has 1 aliphatic carbocycles. The normalized spacial score (nSPS) is 16.5. The van der Waals surface area contributed by atoms with Crippen LogP contribution in [0, 0.1) is 5.92 Å². The Bertz CT molecular complexity index is 829. The molecule has 1 fully saturated rings. The molecular weight excluding hydrogens is 366 g/mol. The van der Waals surface area contributed by atoms with Crippen LogP contribution < -0.4 is 0 Å². The second-order valence-corrected chi connectivity index (χ2v) is 8.86. The van der Waals surface area contributed by atoms with Gasteiger partial charge >= 0.3 is 0 Å². The van der Waals surface area contributed by atoms with Gasteiger partial charge in [-0.1, -0.05) is 11.6 Å². The van der Waals surface area contributed by atoms with Gasteiger partial charge in [-0.25, -0.2) is 8.42 Å². The van der Waals surface area contributed by atoms with Gasteiger partial charge in [0.15, 0.2) is 27.2 Å². The Labute approximate surface area is 152 Å². The van der Waals surface area contributed by atoms with Gasteiger partial charge in [-0.15, -0.1) is 0 Å². The molecule has 0 saturated heterocycles. The lowest BCUT2D eigenvalue weighted by atomic mass is 9.81. The van der Waals surface area contributed by atoms with Crippen molar-refractivity contribution in [1.82, 2.24) is 4.90 Å². The van der Waals surface area contributed by atoms with E-state index in [1.807, 2.05) is 0 Å². The summed E-state index contributed by atoms with van der Waals surface area (Å²) in [6.45, 7) is 0.203. The van der Waals surface area contributed by atoms with Crippen LogP contribution in [0.1, 0.15) is 35.2 Å². The maximum atomic E-state index is 12.8. The highest BCUT2D eigenvalue weighted by Gasteiger charge is 2.37. The van der Waals surface area contributed by atoms with Gasteiger partial charge < -0.3 is 4.90 Å². The molecule has 136 valence electrons. The summed E-state index contributed by atoms with van der Waals surface area (Å²) in [6, 6.07) is 2.60. The molecule has 0 aliphatic heterocycles. The molecule has 25 heavy (non-hydrogen) atoms. The molecular formula is C17H20ClNO5S. The predicted octanol–water partition coefficient (Wildman–Crippen LogP) is 1.93. The molecule has 0 atom stereocenters. The van der Waals surface area contributed by atoms with E-state index in [4.69, 9.17) is 11.6 Å². The molecule has 0 bridgehead atoms. The average Bonchev–Trinajstić information content (AvgIpc) is 2.47. The minimum Gasteiger partial charge on any atom is -0.305 e. The Hall–Kier alpha value is -1.57. The maximum Gasteiger partial charge on any atom is 0.182 e. The number of nitrogens with zero attached hydrogens (tertiary/aromatic N) is 1. The summed E-state index contributed by atoms with van der Waals surface area (Å²) in [5, 5.41) is -0.0206. The molecule has 0 radical (unpaired) electrons. The number of sulfone groups is 1. The van der Waals surface area contributed by atoms with E-state index in [0.29, 0.717) is 6.42 Å². The van der Waals surface area contributed by atoms with Crippen LogP contribution in [-0.4, -0.2) is 51.0 Å². The number of rotatable bonds is 5. The lowest BCUT2D eigenvalue weighted by Gasteiger charge is -2.21. The zero-order chi connectivity index (χ0) is 18.9. The van der Waals surface area contributed by atoms with Gasteiger partial charge in [0.2, 0.25) is 0 Å². The number of carbonyl (C=O) groups is 3. The quantitative estimate of drug-likeness (QED) is 0.568. The number of halogens is 1. The van der Waals surface area contributed by atoms with Crippen LogP contribution in [0.2, 0.25) is 5.02 Å². The van der Waals surface area contributed by atoms with Crippen molar-refractivity contribution < 1.29 is 22.8 Å². The van der Waals surface area contributed by atoms with E-state index in [-0.39, 0.29) is 40.4 Å². The number of benzene rings is 1. The fraction of sp³-hybridized carbons (Fsp3) is 0.471. The Morgan fingerprint density at radius 1 is 1.20 bits per heavy atom. The first-order valence-corrected chi connectivity index (χ1v) is 10.1. The van der Waals surface area contributed by atoms with Crippen LogP contribution >= 0.6 is 11.6 Å². The average molecular weight is 386 g/mol. The van der Waals surface area contributed by atoms with E-state index in [0.717, 1.165) is 6.26 Å². The van der Waals surface area contributed by atoms with Crippen LogP contribution in [0.25, 0.3) is 0 Å². The van der Waals surface area contributed by atoms with E-state index in [2.05, 4.69) is 0 Å². The van der Waals surface area contributed by atoms with Crippen molar-refractivity contribution in [2.75, 3.05) is 20.4 Å². The summed E-state index contributed by atoms with van der Waals surface area (Å²) in [5.74, 6) is -2.79. The lowest BCUT2D eigenvalue weighted by molar-refractivity contribution is -0.133. The molecule has 0 amide bonds. The highest BCUT2D eigenvalue weighted by Crippen LogP contribution is 2.32. The van der Waals surface area contributed by atoms with Crippen LogP contribution in [0.5, 0.6) is 0 Å². The first-order valence-electron chi connectivity index (χ1n) is 7.80. The van der Waals surface area contributed by atoms with E-state index >= 15 is 0 Å². The standard InChI is InChI=1S/C17H20ClNO5S/c1-19(2)9-11-14(25(3,23)24)8-7-10(16(11)18)17(22)15-12(20)5-4-6-13(15)21/h7-8,15H,4-6,9H2,1-3H3. The van der Waals surface area contributed by atoms with Crippen LogP contribution in [-0.2, 0) is 26.0 Å². The zero-order valence-electron chi connectivity index (χ0n) is 14.3. The fourth-order valence-electron chi connectivity index (χ4n) is 2.96. The van der Waals surface area contributed by atoms with Crippen molar-refractivity contribution in [3.63, 3.8) is 0 Å². The number of hydrogen-bond acceptors (Lipinski definition) is 6. The second-order valence-electron chi connectivity index (χ2n) is 6.50. The summed E-state index contributed by atoms with van der Waals surface area (Å²) >= 11 is 6.34. The largest absolute Gasteiger partial charge is 0.305 e. The lowest BCUT2D eigenvalue weighted by Crippen LogP contribution is -2.35. The molecule has 0 heterocycles. The molecule has 1 saturated carbocycles. The van der Waals surface area contributed by atoms with Gasteiger partial charge in [-0.3, -0.25) is 14.4 Å². The van der Waals surface area contributed by atoms with Gasteiger partial charge in [0.05, 0.1) is 9.92 Å². The SMILES string of the molecule is CN(C)Cc1c(S(C)(=O)=O)ccc(C(=O)C2C(=O)CCCC2=O)c1Cl. The highest BCUT2D eigenvalue weighted by molar-refractivity contribution is 7.90. The number of ketones is 3. The summed E-state index contributed by atoms with van der Waals surface area (Å²) in [4.78, 5) is 38.6. The number of carbonyl (C=O) groups excluding carboxylic acids is 3. The Kier molecular flexibility index (Phi) is 5.81. The zero-order valence-corrected chi connectivity index (χ0v) is 15.9. The van der Waals surface area contributed by atoms with Gasteiger partial charge in [-0.2, -0.15) is 0 Å². The molecule has 8 heteroatoms. The van der Waals surface area contributed by atoms with Crippen molar-refractivity contribution in [2.24, 2.45) is 5.92 Å². The van der Waals surface area contributed by atoms with Crippen molar-refractivity contribution in [2.45, 2.75) is 30.7 Å². The minimum absolute atomic E-state index is 0.0134. The van der Waals surface area contributed by atoms with Crippen LogP contribution in [0.3, 0.4) is 0 Å². The third-order valence-electron chi connectivity index (χ3n) is 4.09. The molecule has 0 unspecified atom stereocenters. The summed E-state index contributed by atoms with van der Waals surface area (Å²) in [6.07, 6.45) is 1.89. The van der Waals surface area contributed by atoms with E-state index in [9.17, 15) is 22.8 Å². The molecule has 1 aromatic rings. The van der Waals surface area contributed by atoms with Gasteiger partial charge in [0.25, 0.3) is 0 Å². The maximum absolute atomic E-state index is 12.8. The highest BCUT2D eigenvalue weighted by atomic mass is 35.5. The summed E-state index contributed by atoms with van der Waals surface area (Å²) < 4.78 is 24.0. The molecule has 1 aromatic carbocycles. The van der Waals surface area contributed by atoms with Crippen molar-refractivity contribution in [3.8, 4) is 0 Å². The molecule has 0 spiro atoms.